The summed E-state index contributed by atoms with van der Waals surface area (Å²) in [5.41, 5.74) is 6.60. The minimum atomic E-state index is 0.0743. The molecular formula is C14H18N2O3. The number of amides is 1. The van der Waals surface area contributed by atoms with Crippen molar-refractivity contribution in [2.45, 2.75) is 31.7 Å². The van der Waals surface area contributed by atoms with Crippen LogP contribution in [0, 0.1) is 5.92 Å². The van der Waals surface area contributed by atoms with Gasteiger partial charge in [-0.3, -0.25) is 4.79 Å². The first-order valence-corrected chi connectivity index (χ1v) is 6.68. The third-order valence-electron chi connectivity index (χ3n) is 3.78. The van der Waals surface area contributed by atoms with Crippen molar-refractivity contribution < 1.29 is 14.3 Å². The average Bonchev–Trinajstić information content (AvgIpc) is 2.87. The van der Waals surface area contributed by atoms with Crippen LogP contribution in [0.4, 0.5) is 5.69 Å². The maximum Gasteiger partial charge on any atom is 0.231 e. The Labute approximate surface area is 112 Å². The van der Waals surface area contributed by atoms with Gasteiger partial charge in [0.1, 0.15) is 0 Å². The standard InChI is InChI=1S/C14H18N2O3/c15-10-3-1-9(2-4-10)14(17)16-11-5-6-12-13(7-11)19-8-18-12/h5-7,9-10H,1-4,8,15H2,(H,16,17). The van der Waals surface area contributed by atoms with E-state index < -0.39 is 0 Å². The molecule has 2 aliphatic rings. The maximum atomic E-state index is 12.2. The van der Waals surface area contributed by atoms with Gasteiger partial charge in [-0.15, -0.1) is 0 Å². The molecule has 102 valence electrons. The lowest BCUT2D eigenvalue weighted by Crippen LogP contribution is -2.32. The third-order valence-corrected chi connectivity index (χ3v) is 3.78. The highest BCUT2D eigenvalue weighted by atomic mass is 16.7. The third kappa shape index (κ3) is 2.66. The lowest BCUT2D eigenvalue weighted by molar-refractivity contribution is -0.120. The predicted molar refractivity (Wildman–Crippen MR) is 71.1 cm³/mol. The Morgan fingerprint density at radius 2 is 1.89 bits per heavy atom. The van der Waals surface area contributed by atoms with Crippen molar-refractivity contribution in [3.8, 4) is 11.5 Å². The van der Waals surface area contributed by atoms with E-state index in [4.69, 9.17) is 15.2 Å². The Morgan fingerprint density at radius 3 is 2.68 bits per heavy atom. The van der Waals surface area contributed by atoms with Gasteiger partial charge in [0.05, 0.1) is 0 Å². The van der Waals surface area contributed by atoms with Crippen molar-refractivity contribution in [3.63, 3.8) is 0 Å². The average molecular weight is 262 g/mol. The van der Waals surface area contributed by atoms with E-state index in [-0.39, 0.29) is 24.7 Å². The van der Waals surface area contributed by atoms with Gasteiger partial charge in [-0.2, -0.15) is 0 Å². The number of hydrogen-bond acceptors (Lipinski definition) is 4. The van der Waals surface area contributed by atoms with E-state index in [0.717, 1.165) is 37.1 Å². The molecule has 3 N–H and O–H groups in total. The summed E-state index contributed by atoms with van der Waals surface area (Å²) in [7, 11) is 0. The number of rotatable bonds is 2. The van der Waals surface area contributed by atoms with Crippen LogP contribution in [0.25, 0.3) is 0 Å². The minimum absolute atomic E-state index is 0.0743. The molecular weight excluding hydrogens is 244 g/mol. The molecule has 1 amide bonds. The largest absolute Gasteiger partial charge is 0.454 e. The normalized spacial score (nSPS) is 25.1. The Hall–Kier alpha value is -1.75. The van der Waals surface area contributed by atoms with Gasteiger partial charge < -0.3 is 20.5 Å². The molecule has 5 nitrogen and oxygen atoms in total. The highest BCUT2D eigenvalue weighted by Crippen LogP contribution is 2.34. The summed E-state index contributed by atoms with van der Waals surface area (Å²) in [6.07, 6.45) is 3.60. The number of hydrogen-bond donors (Lipinski definition) is 2. The highest BCUT2D eigenvalue weighted by molar-refractivity contribution is 5.93. The molecule has 0 aromatic heterocycles. The topological polar surface area (TPSA) is 73.6 Å². The predicted octanol–water partition coefficient (Wildman–Crippen LogP) is 1.87. The first kappa shape index (κ1) is 12.3. The van der Waals surface area contributed by atoms with Crippen LogP contribution >= 0.6 is 0 Å². The number of ether oxygens (including phenoxy) is 2. The fraction of sp³-hybridized carbons (Fsp3) is 0.500. The van der Waals surface area contributed by atoms with Crippen LogP contribution in [0.5, 0.6) is 11.5 Å². The fourth-order valence-electron chi connectivity index (χ4n) is 2.60. The molecule has 19 heavy (non-hydrogen) atoms. The van der Waals surface area contributed by atoms with Crippen molar-refractivity contribution in [1.82, 2.24) is 0 Å². The molecule has 1 aromatic rings. The van der Waals surface area contributed by atoms with E-state index in [1.54, 1.807) is 6.07 Å². The van der Waals surface area contributed by atoms with E-state index >= 15 is 0 Å². The molecule has 0 unspecified atom stereocenters. The van der Waals surface area contributed by atoms with E-state index in [9.17, 15) is 4.79 Å². The first-order valence-electron chi connectivity index (χ1n) is 6.68. The molecule has 3 rings (SSSR count). The second-order valence-electron chi connectivity index (χ2n) is 5.17. The van der Waals surface area contributed by atoms with Gasteiger partial charge in [-0.25, -0.2) is 0 Å². The number of benzene rings is 1. The van der Waals surface area contributed by atoms with Crippen molar-refractivity contribution in [2.75, 3.05) is 12.1 Å². The zero-order valence-corrected chi connectivity index (χ0v) is 10.7. The number of nitrogens with two attached hydrogens (primary N) is 1. The molecule has 1 fully saturated rings. The van der Waals surface area contributed by atoms with Crippen LogP contribution in [0.3, 0.4) is 0 Å². The van der Waals surface area contributed by atoms with Crippen molar-refractivity contribution >= 4 is 11.6 Å². The zero-order chi connectivity index (χ0) is 13.2. The molecule has 5 heteroatoms. The van der Waals surface area contributed by atoms with Crippen LogP contribution in [-0.4, -0.2) is 18.7 Å². The Kier molecular flexibility index (Phi) is 3.29. The van der Waals surface area contributed by atoms with Crippen molar-refractivity contribution in [2.24, 2.45) is 11.7 Å². The lowest BCUT2D eigenvalue weighted by atomic mass is 9.86. The molecule has 0 bridgehead atoms. The Balaban J connectivity index is 1.63. The number of carbonyl (C=O) groups excluding carboxylic acids is 1. The van der Waals surface area contributed by atoms with Crippen molar-refractivity contribution in [1.29, 1.82) is 0 Å². The zero-order valence-electron chi connectivity index (χ0n) is 10.7. The van der Waals surface area contributed by atoms with Crippen LogP contribution in [0.2, 0.25) is 0 Å². The molecule has 1 saturated carbocycles. The van der Waals surface area contributed by atoms with Crippen LogP contribution in [-0.2, 0) is 4.79 Å². The van der Waals surface area contributed by atoms with Gasteiger partial charge in [0.15, 0.2) is 11.5 Å². The first-order chi connectivity index (χ1) is 9.22. The fourth-order valence-corrected chi connectivity index (χ4v) is 2.60. The van der Waals surface area contributed by atoms with Gasteiger partial charge in [-0.1, -0.05) is 0 Å². The SMILES string of the molecule is NC1CCC(C(=O)Nc2ccc3c(c2)OCO3)CC1. The van der Waals surface area contributed by atoms with E-state index in [1.165, 1.54) is 0 Å². The van der Waals surface area contributed by atoms with E-state index in [2.05, 4.69) is 5.32 Å². The van der Waals surface area contributed by atoms with Crippen LogP contribution in [0.1, 0.15) is 25.7 Å². The number of fused-ring (bicyclic) bond motifs is 1. The van der Waals surface area contributed by atoms with Gasteiger partial charge in [-0.05, 0) is 37.8 Å². The summed E-state index contributed by atoms with van der Waals surface area (Å²) in [6.45, 7) is 0.243. The second kappa shape index (κ2) is 5.09. The van der Waals surface area contributed by atoms with Gasteiger partial charge >= 0.3 is 0 Å². The summed E-state index contributed by atoms with van der Waals surface area (Å²) in [6, 6.07) is 5.71. The maximum absolute atomic E-state index is 12.2. The van der Waals surface area contributed by atoms with Gasteiger partial charge in [0, 0.05) is 23.7 Å². The highest BCUT2D eigenvalue weighted by Gasteiger charge is 2.25. The summed E-state index contributed by atoms with van der Waals surface area (Å²) < 4.78 is 10.5. The minimum Gasteiger partial charge on any atom is -0.454 e. The number of carbonyl (C=O) groups is 1. The molecule has 1 aromatic carbocycles. The number of anilines is 1. The molecule has 0 saturated heterocycles. The molecule has 0 atom stereocenters. The monoisotopic (exact) mass is 262 g/mol. The van der Waals surface area contributed by atoms with Gasteiger partial charge in [0.25, 0.3) is 0 Å². The molecule has 0 spiro atoms. The summed E-state index contributed by atoms with van der Waals surface area (Å²) >= 11 is 0. The number of nitrogens with one attached hydrogen (secondary N) is 1. The van der Waals surface area contributed by atoms with E-state index in [1.807, 2.05) is 12.1 Å². The van der Waals surface area contributed by atoms with E-state index in [0.29, 0.717) is 5.75 Å². The van der Waals surface area contributed by atoms with Gasteiger partial charge in [0.2, 0.25) is 12.7 Å². The second-order valence-corrected chi connectivity index (χ2v) is 5.17. The van der Waals surface area contributed by atoms with Crippen LogP contribution in [0.15, 0.2) is 18.2 Å². The quantitative estimate of drug-likeness (QED) is 0.853. The summed E-state index contributed by atoms with van der Waals surface area (Å²) in [4.78, 5) is 12.2. The smallest absolute Gasteiger partial charge is 0.231 e. The van der Waals surface area contributed by atoms with Crippen molar-refractivity contribution in [3.05, 3.63) is 18.2 Å². The summed E-state index contributed by atoms with van der Waals surface area (Å²) in [5.74, 6) is 1.56. The van der Waals surface area contributed by atoms with Crippen LogP contribution < -0.4 is 20.5 Å². The molecule has 1 aliphatic heterocycles. The Morgan fingerprint density at radius 1 is 1.16 bits per heavy atom. The molecule has 1 aliphatic carbocycles. The molecule has 1 heterocycles. The summed E-state index contributed by atoms with van der Waals surface area (Å²) in [5, 5.41) is 2.94. The lowest BCUT2D eigenvalue weighted by Gasteiger charge is -2.25. The molecule has 0 radical (unpaired) electrons. The Bertz CT molecular complexity index is 482.